The Morgan fingerprint density at radius 3 is 2.84 bits per heavy atom. The molecule has 1 aromatic heterocycles. The van der Waals surface area contributed by atoms with Crippen molar-refractivity contribution in [1.29, 1.82) is 0 Å². The average molecular weight is 414 g/mol. The molecule has 0 unspecified atom stereocenters. The number of hydrogen-bond donors (Lipinski definition) is 0. The molecule has 6 nitrogen and oxygen atoms in total. The van der Waals surface area contributed by atoms with E-state index in [4.69, 9.17) is 4.99 Å². The number of aryl methyl sites for hydroxylation is 1. The first-order chi connectivity index (χ1) is 15.1. The van der Waals surface area contributed by atoms with Gasteiger partial charge in [0.15, 0.2) is 0 Å². The van der Waals surface area contributed by atoms with Crippen LogP contribution >= 0.6 is 0 Å². The molecule has 0 N–H and O–H groups in total. The first-order valence-electron chi connectivity index (χ1n) is 11.0. The molecule has 0 aliphatic carbocycles. The molecule has 1 amide bonds. The molecule has 31 heavy (non-hydrogen) atoms. The van der Waals surface area contributed by atoms with E-state index in [0.29, 0.717) is 5.92 Å². The number of rotatable bonds is 3. The van der Waals surface area contributed by atoms with Crippen LogP contribution in [0.15, 0.2) is 71.3 Å². The third-order valence-corrected chi connectivity index (χ3v) is 6.35. The number of aromatic nitrogens is 2. The molecule has 4 heterocycles. The second kappa shape index (κ2) is 8.12. The lowest BCUT2D eigenvalue weighted by Gasteiger charge is -2.33. The van der Waals surface area contributed by atoms with Gasteiger partial charge in [-0.3, -0.25) is 19.4 Å². The monoisotopic (exact) mass is 413 g/mol. The lowest BCUT2D eigenvalue weighted by Crippen LogP contribution is -2.35. The topological polar surface area (TPSA) is 53.7 Å². The van der Waals surface area contributed by atoms with Crippen molar-refractivity contribution in [2.75, 3.05) is 19.6 Å². The largest absolute Gasteiger partial charge is 0.304 e. The number of likely N-dealkylation sites (tertiary alicyclic amines) is 1. The minimum atomic E-state index is -0.0495. The molecule has 0 saturated carbocycles. The van der Waals surface area contributed by atoms with Gasteiger partial charge in [0, 0.05) is 36.8 Å². The summed E-state index contributed by atoms with van der Waals surface area (Å²) in [5.74, 6) is 0.359. The van der Waals surface area contributed by atoms with Gasteiger partial charge in [0.2, 0.25) is 0 Å². The van der Waals surface area contributed by atoms with Crippen LogP contribution in [0.4, 0.5) is 0 Å². The van der Waals surface area contributed by atoms with Crippen molar-refractivity contribution in [3.63, 3.8) is 0 Å². The van der Waals surface area contributed by atoms with E-state index in [2.05, 4.69) is 23.0 Å². The highest BCUT2D eigenvalue weighted by Gasteiger charge is 2.26. The molecule has 3 aliphatic rings. The van der Waals surface area contributed by atoms with Crippen molar-refractivity contribution in [1.82, 2.24) is 19.6 Å². The lowest BCUT2D eigenvalue weighted by molar-refractivity contribution is -0.121. The first-order valence-corrected chi connectivity index (χ1v) is 11.0. The van der Waals surface area contributed by atoms with Gasteiger partial charge in [-0.15, -0.1) is 0 Å². The Labute approximate surface area is 182 Å². The molecule has 0 radical (unpaired) electrons. The predicted octanol–water partition coefficient (Wildman–Crippen LogP) is 3.90. The van der Waals surface area contributed by atoms with Crippen LogP contribution in [-0.2, 0) is 11.8 Å². The summed E-state index contributed by atoms with van der Waals surface area (Å²) >= 11 is 0. The van der Waals surface area contributed by atoms with Gasteiger partial charge < -0.3 is 4.90 Å². The molecular weight excluding hydrogens is 386 g/mol. The van der Waals surface area contributed by atoms with E-state index in [-0.39, 0.29) is 5.91 Å². The Morgan fingerprint density at radius 2 is 2.03 bits per heavy atom. The highest BCUT2D eigenvalue weighted by molar-refractivity contribution is 6.03. The number of hydrogen-bond acceptors (Lipinski definition) is 4. The molecule has 158 valence electrons. The normalized spacial score (nSPS) is 23.0. The number of nitrogens with zero attached hydrogens (tertiary/aromatic N) is 5. The molecule has 1 aromatic carbocycles. The van der Waals surface area contributed by atoms with Gasteiger partial charge in [0.05, 0.1) is 23.1 Å². The summed E-state index contributed by atoms with van der Waals surface area (Å²) in [6, 6.07) is 6.10. The van der Waals surface area contributed by atoms with Gasteiger partial charge in [-0.05, 0) is 61.8 Å². The third-order valence-electron chi connectivity index (χ3n) is 6.35. The molecule has 3 aliphatic heterocycles. The number of benzene rings is 1. The van der Waals surface area contributed by atoms with E-state index in [9.17, 15) is 4.79 Å². The summed E-state index contributed by atoms with van der Waals surface area (Å²) in [4.78, 5) is 22.1. The fourth-order valence-corrected chi connectivity index (χ4v) is 4.52. The van der Waals surface area contributed by atoms with Gasteiger partial charge in [-0.25, -0.2) is 0 Å². The molecule has 6 heteroatoms. The first kappa shape index (κ1) is 19.7. The zero-order chi connectivity index (χ0) is 21.4. The summed E-state index contributed by atoms with van der Waals surface area (Å²) in [5, 5.41) is 5.49. The molecule has 0 spiro atoms. The highest BCUT2D eigenvalue weighted by atomic mass is 16.2. The number of aliphatic imine (C=N–C) groups is 1. The van der Waals surface area contributed by atoms with Gasteiger partial charge in [-0.2, -0.15) is 5.10 Å². The lowest BCUT2D eigenvalue weighted by atomic mass is 9.93. The van der Waals surface area contributed by atoms with E-state index >= 15 is 0 Å². The SMILES string of the molecule is CCN1CCC(C2=CN3C(=O)/C=C(c4ccc5nn(C)cc5c4)\C=C\C=C3C=N2)CC1. The van der Waals surface area contributed by atoms with E-state index < -0.39 is 0 Å². The molecule has 0 atom stereocenters. The van der Waals surface area contributed by atoms with Crippen LogP contribution < -0.4 is 0 Å². The summed E-state index contributed by atoms with van der Waals surface area (Å²) in [7, 11) is 1.92. The molecule has 1 saturated heterocycles. The van der Waals surface area contributed by atoms with Crippen molar-refractivity contribution < 1.29 is 4.79 Å². The van der Waals surface area contributed by atoms with Crippen LogP contribution in [0.2, 0.25) is 0 Å². The minimum absolute atomic E-state index is 0.0495. The van der Waals surface area contributed by atoms with Gasteiger partial charge >= 0.3 is 0 Å². The second-order valence-electron chi connectivity index (χ2n) is 8.36. The van der Waals surface area contributed by atoms with Gasteiger partial charge in [0.25, 0.3) is 5.91 Å². The fraction of sp³-hybridized carbons (Fsp3) is 0.320. The van der Waals surface area contributed by atoms with Crippen molar-refractivity contribution in [3.05, 3.63) is 71.9 Å². The van der Waals surface area contributed by atoms with Gasteiger partial charge in [-0.1, -0.05) is 25.1 Å². The predicted molar refractivity (Wildman–Crippen MR) is 124 cm³/mol. The Hall–Kier alpha value is -3.25. The smallest absolute Gasteiger partial charge is 0.255 e. The molecular formula is C25H27N5O. The Kier molecular flexibility index (Phi) is 5.16. The zero-order valence-electron chi connectivity index (χ0n) is 18.0. The minimum Gasteiger partial charge on any atom is -0.304 e. The zero-order valence-corrected chi connectivity index (χ0v) is 18.0. The number of piperidine rings is 1. The summed E-state index contributed by atoms with van der Waals surface area (Å²) in [6.45, 7) is 5.48. The Balaban J connectivity index is 1.43. The quantitative estimate of drug-likeness (QED) is 0.767. The van der Waals surface area contributed by atoms with Gasteiger partial charge in [0.1, 0.15) is 0 Å². The molecule has 5 rings (SSSR count). The van der Waals surface area contributed by atoms with Crippen LogP contribution in [0.1, 0.15) is 25.3 Å². The maximum atomic E-state index is 13.2. The average Bonchev–Trinajstić information content (AvgIpc) is 3.16. The van der Waals surface area contributed by atoms with Crippen molar-refractivity contribution >= 4 is 28.6 Å². The van der Waals surface area contributed by atoms with Crippen LogP contribution in [0.3, 0.4) is 0 Å². The number of allylic oxidation sites excluding steroid dienone is 6. The Morgan fingerprint density at radius 1 is 1.19 bits per heavy atom. The standard InChI is InChI=1S/C25H27N5O/c1-3-29-11-9-18(10-12-29)24-17-30-22(15-26-24)6-4-5-19(14-25(30)31)20-7-8-23-21(13-20)16-28(2)27-23/h4-8,13-18H,3,9-12H2,1-2H3/b5-4+,19-14+,22-6?. The van der Waals surface area contributed by atoms with Crippen molar-refractivity contribution in [3.8, 4) is 0 Å². The number of fused-ring (bicyclic) bond motifs is 2. The fourth-order valence-electron chi connectivity index (χ4n) is 4.52. The summed E-state index contributed by atoms with van der Waals surface area (Å²) in [6.07, 6.45) is 15.6. The van der Waals surface area contributed by atoms with Crippen molar-refractivity contribution in [2.24, 2.45) is 18.0 Å². The van der Waals surface area contributed by atoms with E-state index in [1.54, 1.807) is 15.7 Å². The number of amides is 1. The Bertz CT molecular complexity index is 1170. The maximum absolute atomic E-state index is 13.2. The van der Waals surface area contributed by atoms with Crippen LogP contribution in [0.25, 0.3) is 16.5 Å². The van der Waals surface area contributed by atoms with E-state index in [1.165, 1.54) is 0 Å². The summed E-state index contributed by atoms with van der Waals surface area (Å²) < 4.78 is 1.81. The highest BCUT2D eigenvalue weighted by Crippen LogP contribution is 2.30. The van der Waals surface area contributed by atoms with E-state index in [1.807, 2.05) is 56.0 Å². The van der Waals surface area contributed by atoms with Crippen LogP contribution in [-0.4, -0.2) is 51.3 Å². The van der Waals surface area contributed by atoms with E-state index in [0.717, 1.165) is 65.9 Å². The number of carbonyl (C=O) groups is 1. The second-order valence-corrected chi connectivity index (χ2v) is 8.36. The maximum Gasteiger partial charge on any atom is 0.255 e. The molecule has 1 fully saturated rings. The van der Waals surface area contributed by atoms with Crippen molar-refractivity contribution in [2.45, 2.75) is 19.8 Å². The third kappa shape index (κ3) is 3.91. The number of carbonyl (C=O) groups excluding carboxylic acids is 1. The molecule has 0 bridgehead atoms. The van der Waals surface area contributed by atoms with Crippen LogP contribution in [0.5, 0.6) is 0 Å². The molecule has 2 aromatic rings. The summed E-state index contributed by atoms with van der Waals surface area (Å²) in [5.41, 5.74) is 4.65. The van der Waals surface area contributed by atoms with Crippen LogP contribution in [0, 0.1) is 5.92 Å².